The van der Waals surface area contributed by atoms with Crippen molar-refractivity contribution in [3.05, 3.63) is 56.8 Å². The molecule has 1 aromatic carbocycles. The van der Waals surface area contributed by atoms with E-state index in [0.29, 0.717) is 0 Å². The van der Waals surface area contributed by atoms with E-state index in [0.717, 1.165) is 11.6 Å². The second kappa shape index (κ2) is 7.64. The minimum Gasteiger partial charge on any atom is -0.383 e. The number of thiophene rings is 1. The van der Waals surface area contributed by atoms with Gasteiger partial charge in [-0.05, 0) is 28.5 Å². The molecule has 0 N–H and O–H groups in total. The van der Waals surface area contributed by atoms with Crippen molar-refractivity contribution < 1.29 is 18.1 Å². The van der Waals surface area contributed by atoms with Crippen LogP contribution in [0.3, 0.4) is 0 Å². The van der Waals surface area contributed by atoms with Gasteiger partial charge in [0.15, 0.2) is 0 Å². The molecule has 2 aromatic rings. The van der Waals surface area contributed by atoms with Gasteiger partial charge in [0.2, 0.25) is 10.0 Å². The largest absolute Gasteiger partial charge is 0.383 e. The first-order chi connectivity index (χ1) is 10.9. The molecule has 23 heavy (non-hydrogen) atoms. The summed E-state index contributed by atoms with van der Waals surface area (Å²) in [4.78, 5) is 10.1. The van der Waals surface area contributed by atoms with Crippen LogP contribution >= 0.6 is 11.3 Å². The number of ether oxygens (including phenoxy) is 1. The number of nitro benzene ring substituents is 1. The third-order valence-corrected chi connectivity index (χ3v) is 5.72. The van der Waals surface area contributed by atoms with Crippen LogP contribution in [0.15, 0.2) is 46.0 Å². The standard InChI is InChI=1S/C14H16N2O5S2/c1-21-7-6-15(10-12-5-8-22-11-12)23(19,20)14-4-2-3-13(9-14)16(17)18/h2-5,8-9,11H,6-7,10H2,1H3. The van der Waals surface area contributed by atoms with Crippen LogP contribution in [-0.4, -0.2) is 37.9 Å². The molecular formula is C14H16N2O5S2. The highest BCUT2D eigenvalue weighted by atomic mass is 32.2. The van der Waals surface area contributed by atoms with Crippen molar-refractivity contribution in [3.63, 3.8) is 0 Å². The van der Waals surface area contributed by atoms with Crippen molar-refractivity contribution in [2.45, 2.75) is 11.4 Å². The lowest BCUT2D eigenvalue weighted by Crippen LogP contribution is -2.33. The summed E-state index contributed by atoms with van der Waals surface area (Å²) >= 11 is 1.48. The molecule has 0 aliphatic rings. The van der Waals surface area contributed by atoms with E-state index in [9.17, 15) is 18.5 Å². The van der Waals surface area contributed by atoms with E-state index in [4.69, 9.17) is 4.74 Å². The van der Waals surface area contributed by atoms with Gasteiger partial charge in [-0.3, -0.25) is 10.1 Å². The Morgan fingerprint density at radius 2 is 2.13 bits per heavy atom. The normalized spacial score (nSPS) is 11.7. The Bertz CT molecular complexity index is 759. The first kappa shape index (κ1) is 17.5. The molecule has 9 heteroatoms. The average Bonchev–Trinajstić information content (AvgIpc) is 3.04. The molecule has 0 bridgehead atoms. The molecule has 7 nitrogen and oxygen atoms in total. The fourth-order valence-corrected chi connectivity index (χ4v) is 4.08. The molecule has 0 fully saturated rings. The molecule has 0 unspecified atom stereocenters. The molecule has 0 saturated heterocycles. The first-order valence-electron chi connectivity index (χ1n) is 6.70. The predicted octanol–water partition coefficient (Wildman–Crippen LogP) is 2.49. The van der Waals surface area contributed by atoms with Crippen LogP contribution < -0.4 is 0 Å². The summed E-state index contributed by atoms with van der Waals surface area (Å²) in [5.41, 5.74) is 0.605. The number of non-ortho nitro benzene ring substituents is 1. The van der Waals surface area contributed by atoms with E-state index >= 15 is 0 Å². The number of nitrogens with zero attached hydrogens (tertiary/aromatic N) is 2. The second-order valence-electron chi connectivity index (χ2n) is 4.72. The van der Waals surface area contributed by atoms with Crippen LogP contribution in [0, 0.1) is 10.1 Å². The SMILES string of the molecule is COCCN(Cc1ccsc1)S(=O)(=O)c1cccc([N+](=O)[O-])c1. The molecule has 0 radical (unpaired) electrons. The molecule has 0 aliphatic carbocycles. The summed E-state index contributed by atoms with van der Waals surface area (Å²) < 4.78 is 31.8. The topological polar surface area (TPSA) is 89.8 Å². The molecule has 0 amide bonds. The number of hydrogen-bond donors (Lipinski definition) is 0. The van der Waals surface area contributed by atoms with Gasteiger partial charge in [0, 0.05) is 32.3 Å². The summed E-state index contributed by atoms with van der Waals surface area (Å²) in [6.07, 6.45) is 0. The van der Waals surface area contributed by atoms with E-state index in [2.05, 4.69) is 0 Å². The molecule has 1 heterocycles. The van der Waals surface area contributed by atoms with Gasteiger partial charge >= 0.3 is 0 Å². The highest BCUT2D eigenvalue weighted by Crippen LogP contribution is 2.23. The van der Waals surface area contributed by atoms with E-state index in [-0.39, 0.29) is 30.3 Å². The zero-order valence-corrected chi connectivity index (χ0v) is 14.0. The number of benzene rings is 1. The summed E-state index contributed by atoms with van der Waals surface area (Å²) in [5, 5.41) is 14.6. The quantitative estimate of drug-likeness (QED) is 0.535. The van der Waals surface area contributed by atoms with Crippen LogP contribution in [0.25, 0.3) is 0 Å². The first-order valence-corrected chi connectivity index (χ1v) is 9.08. The van der Waals surface area contributed by atoms with Crippen molar-refractivity contribution >= 4 is 27.0 Å². The Morgan fingerprint density at radius 3 is 2.74 bits per heavy atom. The van der Waals surface area contributed by atoms with Gasteiger partial charge in [-0.25, -0.2) is 8.42 Å². The Balaban J connectivity index is 2.34. The molecule has 2 rings (SSSR count). The Hall–Kier alpha value is -1.81. The van der Waals surface area contributed by atoms with Crippen molar-refractivity contribution in [2.24, 2.45) is 0 Å². The molecular weight excluding hydrogens is 340 g/mol. The molecule has 0 aliphatic heterocycles. The van der Waals surface area contributed by atoms with Gasteiger partial charge in [0.05, 0.1) is 16.4 Å². The fourth-order valence-electron chi connectivity index (χ4n) is 1.97. The number of nitro groups is 1. The lowest BCUT2D eigenvalue weighted by atomic mass is 10.3. The summed E-state index contributed by atoms with van der Waals surface area (Å²) in [5.74, 6) is 0. The number of hydrogen-bond acceptors (Lipinski definition) is 6. The lowest BCUT2D eigenvalue weighted by molar-refractivity contribution is -0.385. The zero-order chi connectivity index (χ0) is 16.9. The Morgan fingerprint density at radius 1 is 1.35 bits per heavy atom. The van der Waals surface area contributed by atoms with Gasteiger partial charge in [0.25, 0.3) is 5.69 Å². The Kier molecular flexibility index (Phi) is 5.83. The molecule has 0 atom stereocenters. The predicted molar refractivity (Wildman–Crippen MR) is 86.9 cm³/mol. The van der Waals surface area contributed by atoms with Gasteiger partial charge in [0.1, 0.15) is 0 Å². The van der Waals surface area contributed by atoms with E-state index in [1.54, 1.807) is 0 Å². The second-order valence-corrected chi connectivity index (χ2v) is 7.44. The zero-order valence-electron chi connectivity index (χ0n) is 12.4. The van der Waals surface area contributed by atoms with Crippen molar-refractivity contribution in [1.82, 2.24) is 4.31 Å². The van der Waals surface area contributed by atoms with Crippen molar-refractivity contribution in [1.29, 1.82) is 0 Å². The molecule has 0 saturated carbocycles. The lowest BCUT2D eigenvalue weighted by Gasteiger charge is -2.21. The van der Waals surface area contributed by atoms with E-state index < -0.39 is 14.9 Å². The minimum atomic E-state index is -3.85. The number of rotatable bonds is 8. The highest BCUT2D eigenvalue weighted by molar-refractivity contribution is 7.89. The molecule has 1 aromatic heterocycles. The maximum Gasteiger partial charge on any atom is 0.270 e. The fraction of sp³-hybridized carbons (Fsp3) is 0.286. The highest BCUT2D eigenvalue weighted by Gasteiger charge is 2.26. The summed E-state index contributed by atoms with van der Waals surface area (Å²) in [6.45, 7) is 0.591. The summed E-state index contributed by atoms with van der Waals surface area (Å²) in [6, 6.07) is 6.90. The average molecular weight is 356 g/mol. The monoisotopic (exact) mass is 356 g/mol. The third kappa shape index (κ3) is 4.35. The number of methoxy groups -OCH3 is 1. The third-order valence-electron chi connectivity index (χ3n) is 3.15. The maximum absolute atomic E-state index is 12.8. The van der Waals surface area contributed by atoms with Crippen molar-refractivity contribution in [2.75, 3.05) is 20.3 Å². The Labute approximate surface area is 138 Å². The van der Waals surface area contributed by atoms with Crippen LogP contribution in [-0.2, 0) is 21.3 Å². The van der Waals surface area contributed by atoms with Gasteiger partial charge in [-0.15, -0.1) is 0 Å². The summed E-state index contributed by atoms with van der Waals surface area (Å²) in [7, 11) is -2.36. The van der Waals surface area contributed by atoms with Gasteiger partial charge < -0.3 is 4.74 Å². The van der Waals surface area contributed by atoms with Gasteiger partial charge in [-0.1, -0.05) is 6.07 Å². The van der Waals surface area contributed by atoms with Crippen LogP contribution in [0.5, 0.6) is 0 Å². The van der Waals surface area contributed by atoms with Crippen LogP contribution in [0.4, 0.5) is 5.69 Å². The molecule has 124 valence electrons. The van der Waals surface area contributed by atoms with Crippen LogP contribution in [0.1, 0.15) is 5.56 Å². The minimum absolute atomic E-state index is 0.0990. The number of sulfonamides is 1. The van der Waals surface area contributed by atoms with E-state index in [1.165, 1.54) is 41.0 Å². The van der Waals surface area contributed by atoms with Crippen LogP contribution in [0.2, 0.25) is 0 Å². The van der Waals surface area contributed by atoms with Gasteiger partial charge in [-0.2, -0.15) is 15.6 Å². The van der Waals surface area contributed by atoms with E-state index in [1.807, 2.05) is 16.8 Å². The molecule has 0 spiro atoms. The smallest absolute Gasteiger partial charge is 0.270 e. The maximum atomic E-state index is 12.8. The van der Waals surface area contributed by atoms with Crippen molar-refractivity contribution in [3.8, 4) is 0 Å².